The highest BCUT2D eigenvalue weighted by Crippen LogP contribution is 2.31. The van der Waals surface area contributed by atoms with Gasteiger partial charge in [-0.3, -0.25) is 0 Å². The summed E-state index contributed by atoms with van der Waals surface area (Å²) >= 11 is 5.97. The second-order valence-corrected chi connectivity index (χ2v) is 7.73. The molecule has 0 saturated heterocycles. The molecule has 0 unspecified atom stereocenters. The van der Waals surface area contributed by atoms with Crippen molar-refractivity contribution in [2.75, 3.05) is 6.54 Å². The maximum atomic E-state index is 11.6. The fourth-order valence-electron chi connectivity index (χ4n) is 3.52. The van der Waals surface area contributed by atoms with Gasteiger partial charge in [0.2, 0.25) is 0 Å². The molecule has 128 valence electrons. The Balaban J connectivity index is 2.11. The average Bonchev–Trinajstić information content (AvgIpc) is 2.50. The van der Waals surface area contributed by atoms with E-state index in [-0.39, 0.29) is 6.04 Å². The molecule has 0 bridgehead atoms. The monoisotopic (exact) mass is 337 g/mol. The van der Waals surface area contributed by atoms with Crippen LogP contribution in [0.4, 0.5) is 0 Å². The Labute approximate surface area is 144 Å². The molecule has 0 aromatic heterocycles. The number of halogens is 1. The highest BCUT2D eigenvalue weighted by molar-refractivity contribution is 6.31. The third-order valence-electron chi connectivity index (χ3n) is 5.01. The standard InChI is InChI=1S/C19H28ClNO2/c1-12(2)18(21-11-14-6-4-13(3)5-7-14)16-9-8-15(20)10-17(16)19(22)23/h8-10,12-14,18,21H,4-7,11H2,1-3H3,(H,22,23)/t13-,14-,18-/m0/s1. The number of carboxylic acid groups (broad SMARTS) is 1. The van der Waals surface area contributed by atoms with E-state index in [0.717, 1.165) is 18.0 Å². The Hall–Kier alpha value is -1.06. The van der Waals surface area contributed by atoms with E-state index in [1.807, 2.05) is 6.07 Å². The number of benzene rings is 1. The number of hydrogen-bond donors (Lipinski definition) is 2. The molecule has 1 aromatic carbocycles. The molecule has 1 aromatic rings. The molecule has 3 nitrogen and oxygen atoms in total. The average molecular weight is 338 g/mol. The molecular formula is C19H28ClNO2. The summed E-state index contributed by atoms with van der Waals surface area (Å²) < 4.78 is 0. The quantitative estimate of drug-likeness (QED) is 0.754. The second kappa shape index (κ2) is 8.16. The van der Waals surface area contributed by atoms with E-state index in [2.05, 4.69) is 26.1 Å². The Morgan fingerprint density at radius 3 is 2.52 bits per heavy atom. The van der Waals surface area contributed by atoms with Crippen LogP contribution in [-0.4, -0.2) is 17.6 Å². The molecule has 0 aliphatic heterocycles. The molecule has 23 heavy (non-hydrogen) atoms. The fourth-order valence-corrected chi connectivity index (χ4v) is 3.69. The summed E-state index contributed by atoms with van der Waals surface area (Å²) in [6.45, 7) is 7.53. The van der Waals surface area contributed by atoms with Crippen molar-refractivity contribution in [1.29, 1.82) is 0 Å². The summed E-state index contributed by atoms with van der Waals surface area (Å²) in [6, 6.07) is 5.23. The second-order valence-electron chi connectivity index (χ2n) is 7.29. The van der Waals surface area contributed by atoms with Gasteiger partial charge < -0.3 is 10.4 Å². The normalized spacial score (nSPS) is 23.0. The molecule has 0 heterocycles. The molecule has 2 rings (SSSR count). The van der Waals surface area contributed by atoms with Crippen LogP contribution < -0.4 is 5.32 Å². The van der Waals surface area contributed by atoms with Crippen molar-refractivity contribution in [2.45, 2.75) is 52.5 Å². The summed E-state index contributed by atoms with van der Waals surface area (Å²) in [4.78, 5) is 11.6. The zero-order valence-corrected chi connectivity index (χ0v) is 15.1. The van der Waals surface area contributed by atoms with Crippen LogP contribution in [0.3, 0.4) is 0 Å². The van der Waals surface area contributed by atoms with Gasteiger partial charge in [0, 0.05) is 11.1 Å². The zero-order valence-electron chi connectivity index (χ0n) is 14.3. The molecule has 0 radical (unpaired) electrons. The zero-order chi connectivity index (χ0) is 17.0. The van der Waals surface area contributed by atoms with Gasteiger partial charge in [0.1, 0.15) is 0 Å². The molecule has 1 atom stereocenters. The van der Waals surface area contributed by atoms with Crippen LogP contribution in [0.15, 0.2) is 18.2 Å². The van der Waals surface area contributed by atoms with E-state index in [9.17, 15) is 9.90 Å². The van der Waals surface area contributed by atoms with Crippen molar-refractivity contribution in [3.05, 3.63) is 34.3 Å². The number of nitrogens with one attached hydrogen (secondary N) is 1. The van der Waals surface area contributed by atoms with E-state index in [4.69, 9.17) is 11.6 Å². The van der Waals surface area contributed by atoms with Crippen molar-refractivity contribution < 1.29 is 9.90 Å². The van der Waals surface area contributed by atoms with E-state index in [1.54, 1.807) is 12.1 Å². The maximum absolute atomic E-state index is 11.6. The number of carbonyl (C=O) groups is 1. The van der Waals surface area contributed by atoms with Gasteiger partial charge in [0.05, 0.1) is 5.56 Å². The minimum atomic E-state index is -0.915. The third kappa shape index (κ3) is 4.95. The van der Waals surface area contributed by atoms with Gasteiger partial charge in [-0.1, -0.05) is 51.3 Å². The first-order chi connectivity index (χ1) is 10.9. The molecule has 1 aliphatic carbocycles. The maximum Gasteiger partial charge on any atom is 0.336 e. The van der Waals surface area contributed by atoms with Crippen LogP contribution in [0.2, 0.25) is 5.02 Å². The molecule has 2 N–H and O–H groups in total. The smallest absolute Gasteiger partial charge is 0.336 e. The Bertz CT molecular complexity index is 536. The van der Waals surface area contributed by atoms with Gasteiger partial charge >= 0.3 is 5.97 Å². The van der Waals surface area contributed by atoms with Crippen molar-refractivity contribution in [1.82, 2.24) is 5.32 Å². The van der Waals surface area contributed by atoms with Crippen LogP contribution in [0, 0.1) is 17.8 Å². The highest BCUT2D eigenvalue weighted by atomic mass is 35.5. The number of hydrogen-bond acceptors (Lipinski definition) is 2. The largest absolute Gasteiger partial charge is 0.478 e. The van der Waals surface area contributed by atoms with Gasteiger partial charge in [-0.15, -0.1) is 0 Å². The first-order valence-electron chi connectivity index (χ1n) is 8.64. The van der Waals surface area contributed by atoms with Gasteiger partial charge in [-0.05, 0) is 54.8 Å². The van der Waals surface area contributed by atoms with Crippen molar-refractivity contribution in [2.24, 2.45) is 17.8 Å². The predicted octanol–water partition coefficient (Wildman–Crippen LogP) is 5.15. The Morgan fingerprint density at radius 2 is 1.96 bits per heavy atom. The lowest BCUT2D eigenvalue weighted by molar-refractivity contribution is 0.0694. The lowest BCUT2D eigenvalue weighted by atomic mass is 9.82. The van der Waals surface area contributed by atoms with Crippen LogP contribution in [0.1, 0.15) is 68.4 Å². The fraction of sp³-hybridized carbons (Fsp3) is 0.632. The van der Waals surface area contributed by atoms with Crippen molar-refractivity contribution >= 4 is 17.6 Å². The molecule has 1 aliphatic rings. The Kier molecular flexibility index (Phi) is 6.49. The van der Waals surface area contributed by atoms with Crippen LogP contribution in [0.25, 0.3) is 0 Å². The third-order valence-corrected chi connectivity index (χ3v) is 5.24. The summed E-state index contributed by atoms with van der Waals surface area (Å²) in [5.41, 5.74) is 1.14. The number of aromatic carboxylic acids is 1. The Morgan fingerprint density at radius 1 is 1.30 bits per heavy atom. The topological polar surface area (TPSA) is 49.3 Å². The highest BCUT2D eigenvalue weighted by Gasteiger charge is 2.24. The summed E-state index contributed by atoms with van der Waals surface area (Å²) in [5, 5.41) is 13.6. The summed E-state index contributed by atoms with van der Waals surface area (Å²) in [6.07, 6.45) is 5.15. The van der Waals surface area contributed by atoms with E-state index < -0.39 is 5.97 Å². The van der Waals surface area contributed by atoms with Crippen LogP contribution in [-0.2, 0) is 0 Å². The van der Waals surface area contributed by atoms with Crippen LogP contribution >= 0.6 is 11.6 Å². The molecule has 1 saturated carbocycles. The predicted molar refractivity (Wildman–Crippen MR) is 95.1 cm³/mol. The molecule has 0 spiro atoms. The molecule has 1 fully saturated rings. The lowest BCUT2D eigenvalue weighted by Gasteiger charge is -2.30. The van der Waals surface area contributed by atoms with Crippen LogP contribution in [0.5, 0.6) is 0 Å². The minimum absolute atomic E-state index is 0.0396. The van der Waals surface area contributed by atoms with Gasteiger partial charge in [-0.25, -0.2) is 4.79 Å². The first-order valence-corrected chi connectivity index (χ1v) is 9.02. The summed E-state index contributed by atoms with van der Waals surface area (Å²) in [7, 11) is 0. The summed E-state index contributed by atoms with van der Waals surface area (Å²) in [5.74, 6) is 0.952. The number of carboxylic acids is 1. The number of rotatable bonds is 6. The van der Waals surface area contributed by atoms with E-state index >= 15 is 0 Å². The molecule has 4 heteroatoms. The van der Waals surface area contributed by atoms with E-state index in [0.29, 0.717) is 22.4 Å². The minimum Gasteiger partial charge on any atom is -0.478 e. The van der Waals surface area contributed by atoms with Gasteiger partial charge in [-0.2, -0.15) is 0 Å². The van der Waals surface area contributed by atoms with E-state index in [1.165, 1.54) is 25.7 Å². The molecular weight excluding hydrogens is 310 g/mol. The van der Waals surface area contributed by atoms with Crippen molar-refractivity contribution in [3.63, 3.8) is 0 Å². The first kappa shape index (κ1) is 18.3. The SMILES string of the molecule is CC(C)[C@H](NC[C@H]1CC[C@H](C)CC1)c1ccc(Cl)cc1C(=O)O. The lowest BCUT2D eigenvalue weighted by Crippen LogP contribution is -2.33. The van der Waals surface area contributed by atoms with Crippen molar-refractivity contribution in [3.8, 4) is 0 Å². The van der Waals surface area contributed by atoms with Gasteiger partial charge in [0.25, 0.3) is 0 Å². The van der Waals surface area contributed by atoms with Gasteiger partial charge in [0.15, 0.2) is 0 Å². The molecule has 0 amide bonds.